The molecule has 10 atom stereocenters. The van der Waals surface area contributed by atoms with Crippen molar-refractivity contribution in [1.82, 2.24) is 37.0 Å². The molecule has 10 unspecified atom stereocenters. The van der Waals surface area contributed by atoms with Crippen LogP contribution in [0.3, 0.4) is 0 Å². The standard InChI is InChI=1S/C29H53ClN8O3/c1-4-40-26-15-23-21(14-24(26)36-28(39)8-5-11-38(2)3)29(19(16-31)17-32-23)35-20-9-10-25(22(30)13-20)41-12-6-7-27-33-18-34-37-27/h19-27,29,32-35,37H,4-15,17-18H2,1-3H3,(H,36,39). The highest BCUT2D eigenvalue weighted by Gasteiger charge is 2.47. The zero-order chi connectivity index (χ0) is 29.2. The zero-order valence-electron chi connectivity index (χ0n) is 25.2. The van der Waals surface area contributed by atoms with E-state index in [4.69, 9.17) is 21.1 Å². The van der Waals surface area contributed by atoms with E-state index in [2.05, 4.69) is 43.1 Å². The van der Waals surface area contributed by atoms with Crippen molar-refractivity contribution in [3.05, 3.63) is 0 Å². The Kier molecular flexibility index (Phi) is 13.4. The number of hydrogen-bond acceptors (Lipinski definition) is 10. The van der Waals surface area contributed by atoms with Crippen LogP contribution < -0.4 is 32.1 Å². The molecule has 234 valence electrons. The Balaban J connectivity index is 1.30. The fraction of sp³-hybridized carbons (Fsp3) is 0.931. The number of fused-ring (bicyclic) bond motifs is 1. The van der Waals surface area contributed by atoms with Gasteiger partial charge in [0.05, 0.1) is 48.4 Å². The van der Waals surface area contributed by atoms with Crippen LogP contribution in [-0.4, -0.2) is 106 Å². The Morgan fingerprint density at radius 3 is 2.68 bits per heavy atom. The molecule has 0 spiro atoms. The van der Waals surface area contributed by atoms with Crippen molar-refractivity contribution in [3.63, 3.8) is 0 Å². The summed E-state index contributed by atoms with van der Waals surface area (Å²) < 4.78 is 12.3. The molecular formula is C29H53ClN8O3. The molecule has 0 bridgehead atoms. The number of halogens is 1. The van der Waals surface area contributed by atoms with E-state index < -0.39 is 0 Å². The van der Waals surface area contributed by atoms with Crippen molar-refractivity contribution >= 4 is 17.5 Å². The van der Waals surface area contributed by atoms with Crippen LogP contribution in [0.25, 0.3) is 0 Å². The topological polar surface area (TPSA) is 135 Å². The molecule has 4 aliphatic rings. The van der Waals surface area contributed by atoms with E-state index in [0.29, 0.717) is 32.3 Å². The molecule has 2 aliphatic heterocycles. The molecule has 4 fully saturated rings. The lowest BCUT2D eigenvalue weighted by Gasteiger charge is -2.50. The molecule has 0 aromatic carbocycles. The predicted octanol–water partition coefficient (Wildman–Crippen LogP) is 1.00. The minimum Gasteiger partial charge on any atom is -0.377 e. The predicted molar refractivity (Wildman–Crippen MR) is 160 cm³/mol. The summed E-state index contributed by atoms with van der Waals surface area (Å²) in [7, 11) is 4.05. The van der Waals surface area contributed by atoms with Crippen molar-refractivity contribution in [2.75, 3.05) is 47.1 Å². The van der Waals surface area contributed by atoms with Crippen molar-refractivity contribution < 1.29 is 14.3 Å². The van der Waals surface area contributed by atoms with E-state index in [1.807, 2.05) is 21.0 Å². The second-order valence-electron chi connectivity index (χ2n) is 12.5. The number of hydrogen-bond donors (Lipinski definition) is 6. The van der Waals surface area contributed by atoms with Gasteiger partial charge in [0.15, 0.2) is 0 Å². The van der Waals surface area contributed by atoms with Gasteiger partial charge in [-0.1, -0.05) is 0 Å². The van der Waals surface area contributed by atoms with Crippen molar-refractivity contribution in [2.24, 2.45) is 11.8 Å². The van der Waals surface area contributed by atoms with Crippen molar-refractivity contribution in [2.45, 2.75) is 113 Å². The molecule has 0 aromatic heterocycles. The van der Waals surface area contributed by atoms with E-state index in [0.717, 1.165) is 64.6 Å². The van der Waals surface area contributed by atoms with Crippen molar-refractivity contribution in [1.29, 1.82) is 5.26 Å². The van der Waals surface area contributed by atoms with Crippen LogP contribution in [0, 0.1) is 23.2 Å². The number of rotatable bonds is 14. The van der Waals surface area contributed by atoms with E-state index in [1.165, 1.54) is 0 Å². The molecular weight excluding hydrogens is 544 g/mol. The minimum atomic E-state index is -0.133. The normalized spacial score (nSPS) is 37.5. The number of ether oxygens (including phenoxy) is 2. The quantitative estimate of drug-likeness (QED) is 0.127. The highest BCUT2D eigenvalue weighted by Crippen LogP contribution is 2.36. The third-order valence-electron chi connectivity index (χ3n) is 9.20. The van der Waals surface area contributed by atoms with E-state index in [-0.39, 0.29) is 59.5 Å². The number of alkyl halides is 1. The zero-order valence-corrected chi connectivity index (χ0v) is 25.9. The first-order chi connectivity index (χ1) is 19.9. The second kappa shape index (κ2) is 16.7. The van der Waals surface area contributed by atoms with Crippen LogP contribution in [0.15, 0.2) is 0 Å². The van der Waals surface area contributed by atoms with Gasteiger partial charge >= 0.3 is 0 Å². The van der Waals surface area contributed by atoms with Crippen LogP contribution in [0.1, 0.15) is 64.7 Å². The number of piperidine rings is 1. The van der Waals surface area contributed by atoms with E-state index >= 15 is 0 Å². The van der Waals surface area contributed by atoms with Gasteiger partial charge in [0.1, 0.15) is 0 Å². The summed E-state index contributed by atoms with van der Waals surface area (Å²) in [6, 6.07) is 3.06. The van der Waals surface area contributed by atoms with Gasteiger partial charge in [-0.3, -0.25) is 10.1 Å². The summed E-state index contributed by atoms with van der Waals surface area (Å²) in [5, 5.41) is 24.2. The van der Waals surface area contributed by atoms with Gasteiger partial charge < -0.3 is 30.3 Å². The van der Waals surface area contributed by atoms with Crippen LogP contribution in [-0.2, 0) is 14.3 Å². The van der Waals surface area contributed by atoms with Gasteiger partial charge in [-0.05, 0) is 84.8 Å². The molecule has 4 rings (SSSR count). The molecule has 0 aromatic rings. The average molecular weight is 597 g/mol. The Hall–Kier alpha value is -1.07. The maximum absolute atomic E-state index is 12.8. The summed E-state index contributed by atoms with van der Waals surface area (Å²) in [5.74, 6) is 0.180. The first-order valence-electron chi connectivity index (χ1n) is 15.8. The number of nitrogens with zero attached hydrogens (tertiary/aromatic N) is 2. The Morgan fingerprint density at radius 2 is 1.98 bits per heavy atom. The van der Waals surface area contributed by atoms with E-state index in [1.54, 1.807) is 0 Å². The summed E-state index contributed by atoms with van der Waals surface area (Å²) in [6.45, 7) is 5.68. The molecule has 6 N–H and O–H groups in total. The van der Waals surface area contributed by atoms with Crippen LogP contribution in [0.4, 0.5) is 0 Å². The molecule has 12 heteroatoms. The maximum atomic E-state index is 12.8. The largest absolute Gasteiger partial charge is 0.377 e. The summed E-state index contributed by atoms with van der Waals surface area (Å²) in [5.41, 5.74) is 6.28. The Morgan fingerprint density at radius 1 is 1.12 bits per heavy atom. The molecule has 11 nitrogen and oxygen atoms in total. The summed E-state index contributed by atoms with van der Waals surface area (Å²) in [6.07, 6.45) is 8.02. The van der Waals surface area contributed by atoms with E-state index in [9.17, 15) is 10.1 Å². The molecule has 2 saturated carbocycles. The maximum Gasteiger partial charge on any atom is 0.220 e. The lowest BCUT2D eigenvalue weighted by molar-refractivity contribution is -0.124. The smallest absolute Gasteiger partial charge is 0.220 e. The molecule has 2 heterocycles. The fourth-order valence-corrected chi connectivity index (χ4v) is 7.49. The number of carbonyl (C=O) groups excluding carboxylic acids is 1. The number of amides is 1. The first kappa shape index (κ1) is 32.8. The van der Waals surface area contributed by atoms with Crippen LogP contribution in [0.5, 0.6) is 0 Å². The van der Waals surface area contributed by atoms with Gasteiger partial charge in [0.25, 0.3) is 0 Å². The number of nitrogens with one attached hydrogen (secondary N) is 6. The highest BCUT2D eigenvalue weighted by atomic mass is 35.5. The number of carbonyl (C=O) groups is 1. The van der Waals surface area contributed by atoms with Gasteiger partial charge in [-0.2, -0.15) is 5.26 Å². The molecule has 2 aliphatic carbocycles. The molecule has 2 saturated heterocycles. The number of nitriles is 1. The van der Waals surface area contributed by atoms with Crippen LogP contribution >= 0.6 is 11.6 Å². The molecule has 1 amide bonds. The minimum absolute atomic E-state index is 0.0258. The third-order valence-corrected chi connectivity index (χ3v) is 9.66. The van der Waals surface area contributed by atoms with Crippen LogP contribution in [0.2, 0.25) is 0 Å². The van der Waals surface area contributed by atoms with Gasteiger partial charge in [-0.25, -0.2) is 10.9 Å². The third kappa shape index (κ3) is 9.71. The lowest BCUT2D eigenvalue weighted by atomic mass is 9.69. The van der Waals surface area contributed by atoms with Gasteiger partial charge in [0.2, 0.25) is 5.91 Å². The van der Waals surface area contributed by atoms with Crippen molar-refractivity contribution in [3.8, 4) is 6.07 Å². The SMILES string of the molecule is CCOC1CC2NCC(C#N)C(NC3CCC(OCCCC4NCNN4)C(Cl)C3)C2CC1NC(=O)CCCN(C)C. The highest BCUT2D eigenvalue weighted by molar-refractivity contribution is 6.21. The first-order valence-corrected chi connectivity index (χ1v) is 16.2. The summed E-state index contributed by atoms with van der Waals surface area (Å²) >= 11 is 6.86. The Bertz CT molecular complexity index is 841. The Labute approximate surface area is 251 Å². The molecule has 0 radical (unpaired) electrons. The average Bonchev–Trinajstić information content (AvgIpc) is 3.46. The van der Waals surface area contributed by atoms with Gasteiger partial charge in [0, 0.05) is 44.3 Å². The fourth-order valence-electron chi connectivity index (χ4n) is 7.08. The second-order valence-corrected chi connectivity index (χ2v) is 13.0. The lowest BCUT2D eigenvalue weighted by Crippen LogP contribution is -2.66. The summed E-state index contributed by atoms with van der Waals surface area (Å²) in [4.78, 5) is 14.9. The van der Waals surface area contributed by atoms with Gasteiger partial charge in [-0.15, -0.1) is 11.6 Å². The monoisotopic (exact) mass is 596 g/mol. The molecule has 41 heavy (non-hydrogen) atoms. The number of hydrazine groups is 1.